The lowest BCUT2D eigenvalue weighted by atomic mass is 9.99. The Bertz CT molecular complexity index is 1470. The monoisotopic (exact) mass is 546 g/mol. The number of anilines is 1. The number of hydrogen-bond donors (Lipinski definition) is 5. The van der Waals surface area contributed by atoms with E-state index >= 15 is 0 Å². The maximum absolute atomic E-state index is 13.5. The van der Waals surface area contributed by atoms with E-state index in [9.17, 15) is 14.4 Å². The highest BCUT2D eigenvalue weighted by Gasteiger charge is 2.21. The first kappa shape index (κ1) is 30.1. The standard InChI is InChI=1S/C30H38N6O4/c1-17(2)34-26-23(14-31)22(27(37)32-16-24-18(3)12-19(4)35-28(24)38)13-25(36-26)21-11-9-8-10-20(21)15-33-29(39)40-30(5,6)7/h8-14,17,31H,15-16H2,1-7H3,(H,32,37)(H,33,39)(H,34,36)(H,35,38). The van der Waals surface area contributed by atoms with E-state index in [-0.39, 0.29) is 30.3 Å². The molecule has 0 spiro atoms. The molecule has 212 valence electrons. The summed E-state index contributed by atoms with van der Waals surface area (Å²) in [6.07, 6.45) is 0.550. The van der Waals surface area contributed by atoms with Crippen LogP contribution in [0.15, 0.2) is 41.2 Å². The molecule has 0 bridgehead atoms. The first-order valence-corrected chi connectivity index (χ1v) is 13.1. The summed E-state index contributed by atoms with van der Waals surface area (Å²) in [5.41, 5.74) is 3.63. The summed E-state index contributed by atoms with van der Waals surface area (Å²) in [7, 11) is 0. The molecule has 0 aliphatic rings. The molecule has 2 amide bonds. The predicted molar refractivity (Wildman–Crippen MR) is 157 cm³/mol. The number of carbonyl (C=O) groups excluding carboxylic acids is 2. The summed E-state index contributed by atoms with van der Waals surface area (Å²) >= 11 is 0. The third kappa shape index (κ3) is 7.78. The molecule has 0 radical (unpaired) electrons. The minimum atomic E-state index is -0.630. The normalized spacial score (nSPS) is 11.2. The van der Waals surface area contributed by atoms with Gasteiger partial charge in [-0.05, 0) is 71.7 Å². The first-order chi connectivity index (χ1) is 18.8. The molecule has 3 aromatic rings. The number of aromatic amines is 1. The van der Waals surface area contributed by atoms with Crippen LogP contribution in [0.3, 0.4) is 0 Å². The first-order valence-electron chi connectivity index (χ1n) is 13.1. The van der Waals surface area contributed by atoms with Crippen molar-refractivity contribution < 1.29 is 14.3 Å². The third-order valence-corrected chi connectivity index (χ3v) is 5.91. The van der Waals surface area contributed by atoms with Gasteiger partial charge in [0.1, 0.15) is 11.4 Å². The van der Waals surface area contributed by atoms with Gasteiger partial charge >= 0.3 is 6.09 Å². The number of aromatic nitrogens is 2. The van der Waals surface area contributed by atoms with Crippen LogP contribution in [0, 0.1) is 19.3 Å². The summed E-state index contributed by atoms with van der Waals surface area (Å²) in [5, 5.41) is 16.9. The lowest BCUT2D eigenvalue weighted by Gasteiger charge is -2.20. The van der Waals surface area contributed by atoms with Gasteiger partial charge in [-0.2, -0.15) is 0 Å². The van der Waals surface area contributed by atoms with E-state index in [1.165, 1.54) is 0 Å². The number of aryl methyl sites for hydroxylation is 2. The molecule has 0 fully saturated rings. The summed E-state index contributed by atoms with van der Waals surface area (Å²) in [4.78, 5) is 45.8. The molecule has 0 saturated heterocycles. The highest BCUT2D eigenvalue weighted by atomic mass is 16.6. The van der Waals surface area contributed by atoms with Crippen molar-refractivity contribution in [3.8, 4) is 11.3 Å². The van der Waals surface area contributed by atoms with E-state index in [1.54, 1.807) is 33.8 Å². The second kappa shape index (κ2) is 12.6. The summed E-state index contributed by atoms with van der Waals surface area (Å²) in [6, 6.07) is 10.9. The maximum atomic E-state index is 13.5. The molecule has 0 saturated carbocycles. The van der Waals surface area contributed by atoms with Gasteiger partial charge < -0.3 is 31.1 Å². The molecule has 0 aliphatic carbocycles. The van der Waals surface area contributed by atoms with Crippen LogP contribution >= 0.6 is 0 Å². The Morgan fingerprint density at radius 1 is 1.10 bits per heavy atom. The molecule has 0 unspecified atom stereocenters. The molecule has 5 N–H and O–H groups in total. The van der Waals surface area contributed by atoms with Gasteiger partial charge in [-0.15, -0.1) is 0 Å². The third-order valence-electron chi connectivity index (χ3n) is 5.91. The van der Waals surface area contributed by atoms with Gasteiger partial charge in [0.15, 0.2) is 0 Å². The van der Waals surface area contributed by atoms with Crippen molar-refractivity contribution in [3.63, 3.8) is 0 Å². The Morgan fingerprint density at radius 3 is 2.42 bits per heavy atom. The Balaban J connectivity index is 2.01. The topological polar surface area (TPSA) is 149 Å². The number of rotatable bonds is 9. The number of benzene rings is 1. The molecule has 3 rings (SSSR count). The second-order valence-electron chi connectivity index (χ2n) is 10.9. The van der Waals surface area contributed by atoms with Crippen molar-refractivity contribution in [2.45, 2.75) is 73.2 Å². The summed E-state index contributed by atoms with van der Waals surface area (Å²) in [5.74, 6) is -0.0652. The van der Waals surface area contributed by atoms with Gasteiger partial charge in [-0.1, -0.05) is 24.3 Å². The number of H-pyrrole nitrogens is 1. The van der Waals surface area contributed by atoms with E-state index in [0.717, 1.165) is 23.0 Å². The van der Waals surface area contributed by atoms with Crippen LogP contribution in [0.5, 0.6) is 0 Å². The van der Waals surface area contributed by atoms with Crippen molar-refractivity contribution in [1.82, 2.24) is 20.6 Å². The summed E-state index contributed by atoms with van der Waals surface area (Å²) < 4.78 is 5.36. The Hall–Kier alpha value is -4.47. The SMILES string of the molecule is Cc1cc(C)c(CNC(=O)c2cc(-c3ccccc3CNC(=O)OC(C)(C)C)nc(NC(C)C)c2C=N)c(=O)[nH]1. The van der Waals surface area contributed by atoms with Crippen LogP contribution < -0.4 is 21.5 Å². The van der Waals surface area contributed by atoms with Crippen LogP contribution in [0.1, 0.15) is 72.9 Å². The number of amides is 2. The predicted octanol–water partition coefficient (Wildman–Crippen LogP) is 4.83. The number of alkyl carbamates (subject to hydrolysis) is 1. The van der Waals surface area contributed by atoms with Gasteiger partial charge in [0.25, 0.3) is 11.5 Å². The van der Waals surface area contributed by atoms with Gasteiger partial charge in [0, 0.05) is 47.7 Å². The van der Waals surface area contributed by atoms with Crippen LogP contribution in [-0.4, -0.2) is 39.8 Å². The number of ether oxygens (including phenoxy) is 1. The van der Waals surface area contributed by atoms with Crippen LogP contribution in [0.4, 0.5) is 10.6 Å². The van der Waals surface area contributed by atoms with Crippen LogP contribution in [0.2, 0.25) is 0 Å². The Labute approximate surface area is 234 Å². The van der Waals surface area contributed by atoms with E-state index in [0.29, 0.717) is 28.2 Å². The average molecular weight is 547 g/mol. The highest BCUT2D eigenvalue weighted by molar-refractivity contribution is 6.05. The lowest BCUT2D eigenvalue weighted by molar-refractivity contribution is 0.0523. The van der Waals surface area contributed by atoms with E-state index in [4.69, 9.17) is 15.1 Å². The van der Waals surface area contributed by atoms with Crippen molar-refractivity contribution >= 4 is 24.0 Å². The van der Waals surface area contributed by atoms with Crippen LogP contribution in [-0.2, 0) is 17.8 Å². The van der Waals surface area contributed by atoms with Gasteiger partial charge in [-0.25, -0.2) is 9.78 Å². The van der Waals surface area contributed by atoms with Gasteiger partial charge in [0.05, 0.1) is 11.3 Å². The zero-order chi connectivity index (χ0) is 29.6. The van der Waals surface area contributed by atoms with Gasteiger partial charge in [0.2, 0.25) is 0 Å². The van der Waals surface area contributed by atoms with E-state index in [1.807, 2.05) is 51.1 Å². The fourth-order valence-corrected chi connectivity index (χ4v) is 4.18. The van der Waals surface area contributed by atoms with Gasteiger partial charge in [-0.3, -0.25) is 9.59 Å². The lowest BCUT2D eigenvalue weighted by Crippen LogP contribution is -2.32. The molecular weight excluding hydrogens is 508 g/mol. The number of carbonyl (C=O) groups is 2. The fraction of sp³-hybridized carbons (Fsp3) is 0.367. The van der Waals surface area contributed by atoms with Crippen molar-refractivity contribution in [2.75, 3.05) is 5.32 Å². The molecule has 10 heteroatoms. The Morgan fingerprint density at radius 2 is 1.80 bits per heavy atom. The molecule has 2 aromatic heterocycles. The average Bonchev–Trinajstić information content (AvgIpc) is 2.85. The minimum absolute atomic E-state index is 0.0183. The summed E-state index contributed by atoms with van der Waals surface area (Å²) in [6.45, 7) is 13.1. The van der Waals surface area contributed by atoms with Crippen molar-refractivity contribution in [1.29, 1.82) is 5.41 Å². The quantitative estimate of drug-likeness (QED) is 0.243. The molecule has 40 heavy (non-hydrogen) atoms. The molecular formula is C30H38N6O4. The smallest absolute Gasteiger partial charge is 0.407 e. The maximum Gasteiger partial charge on any atom is 0.407 e. The fourth-order valence-electron chi connectivity index (χ4n) is 4.18. The second-order valence-corrected chi connectivity index (χ2v) is 10.9. The minimum Gasteiger partial charge on any atom is -0.444 e. The molecule has 10 nitrogen and oxygen atoms in total. The van der Waals surface area contributed by atoms with Crippen molar-refractivity contribution in [2.24, 2.45) is 0 Å². The molecule has 1 aromatic carbocycles. The largest absolute Gasteiger partial charge is 0.444 e. The highest BCUT2D eigenvalue weighted by Crippen LogP contribution is 2.28. The number of nitrogens with one attached hydrogen (secondary N) is 5. The number of nitrogens with zero attached hydrogens (tertiary/aromatic N) is 1. The number of pyridine rings is 2. The molecule has 0 atom stereocenters. The molecule has 2 heterocycles. The Kier molecular flexibility index (Phi) is 9.47. The zero-order valence-electron chi connectivity index (χ0n) is 24.1. The van der Waals surface area contributed by atoms with E-state index < -0.39 is 17.6 Å². The van der Waals surface area contributed by atoms with Crippen LogP contribution in [0.25, 0.3) is 11.3 Å². The van der Waals surface area contributed by atoms with Crippen molar-refractivity contribution in [3.05, 3.63) is 80.3 Å². The van der Waals surface area contributed by atoms with E-state index in [2.05, 4.69) is 20.9 Å². The number of hydrogen-bond acceptors (Lipinski definition) is 7. The zero-order valence-corrected chi connectivity index (χ0v) is 24.1. The molecule has 0 aliphatic heterocycles.